The fourth-order valence-corrected chi connectivity index (χ4v) is 2.23. The molecule has 0 aliphatic rings. The average Bonchev–Trinajstić information content (AvgIpc) is 2.35. The summed E-state index contributed by atoms with van der Waals surface area (Å²) in [5, 5.41) is 5.66. The van der Waals surface area contributed by atoms with Crippen LogP contribution in [0.15, 0.2) is 47.4 Å². The molecule has 0 aliphatic carbocycles. The zero-order valence-electron chi connectivity index (χ0n) is 9.51. The van der Waals surface area contributed by atoms with Crippen molar-refractivity contribution in [1.82, 2.24) is 0 Å². The largest absolute Gasteiger partial charge is 0.456 e. The number of benzene rings is 2. The summed E-state index contributed by atoms with van der Waals surface area (Å²) in [7, 11) is -3.71. The van der Waals surface area contributed by atoms with Crippen LogP contribution >= 0.6 is 23.2 Å². The van der Waals surface area contributed by atoms with Crippen LogP contribution in [-0.4, -0.2) is 8.42 Å². The van der Waals surface area contributed by atoms with E-state index in [0.717, 1.165) is 0 Å². The van der Waals surface area contributed by atoms with Crippen molar-refractivity contribution in [2.75, 3.05) is 0 Å². The van der Waals surface area contributed by atoms with Crippen LogP contribution < -0.4 is 9.88 Å². The maximum absolute atomic E-state index is 11.1. The van der Waals surface area contributed by atoms with E-state index in [-0.39, 0.29) is 4.90 Å². The SMILES string of the molecule is NS(=O)(=O)c1ccc(Oc2cccc(Cl)c2Cl)cc1. The van der Waals surface area contributed by atoms with Crippen molar-refractivity contribution < 1.29 is 13.2 Å². The Morgan fingerprint density at radius 1 is 1.00 bits per heavy atom. The number of halogens is 2. The number of rotatable bonds is 3. The van der Waals surface area contributed by atoms with Crippen molar-refractivity contribution in [2.24, 2.45) is 5.14 Å². The Balaban J connectivity index is 2.27. The molecule has 2 aromatic rings. The second kappa shape index (κ2) is 5.38. The van der Waals surface area contributed by atoms with Crippen LogP contribution in [0.3, 0.4) is 0 Å². The van der Waals surface area contributed by atoms with Gasteiger partial charge in [0, 0.05) is 0 Å². The third-order valence-electron chi connectivity index (χ3n) is 2.30. The van der Waals surface area contributed by atoms with E-state index in [4.69, 9.17) is 33.1 Å². The summed E-state index contributed by atoms with van der Waals surface area (Å²) in [4.78, 5) is 0.0111. The quantitative estimate of drug-likeness (QED) is 0.942. The summed E-state index contributed by atoms with van der Waals surface area (Å²) in [6, 6.07) is 10.7. The highest BCUT2D eigenvalue weighted by Gasteiger charge is 2.09. The Morgan fingerprint density at radius 2 is 1.63 bits per heavy atom. The Kier molecular flexibility index (Phi) is 4.01. The average molecular weight is 318 g/mol. The molecule has 0 aromatic heterocycles. The van der Waals surface area contributed by atoms with Crippen molar-refractivity contribution in [3.05, 3.63) is 52.5 Å². The number of nitrogens with two attached hydrogens (primary N) is 1. The predicted molar refractivity (Wildman–Crippen MR) is 74.4 cm³/mol. The lowest BCUT2D eigenvalue weighted by Crippen LogP contribution is -2.11. The molecule has 0 aliphatic heterocycles. The normalized spacial score (nSPS) is 11.3. The molecule has 0 spiro atoms. The van der Waals surface area contributed by atoms with Crippen molar-refractivity contribution in [3.8, 4) is 11.5 Å². The molecular formula is C12H9Cl2NO3S. The first kappa shape index (κ1) is 14.1. The van der Waals surface area contributed by atoms with Crippen molar-refractivity contribution in [3.63, 3.8) is 0 Å². The standard InChI is InChI=1S/C12H9Cl2NO3S/c13-10-2-1-3-11(12(10)14)18-8-4-6-9(7-5-8)19(15,16)17/h1-7H,(H2,15,16,17). The second-order valence-corrected chi connectivity index (χ2v) is 6.02. The summed E-state index contributed by atoms with van der Waals surface area (Å²) >= 11 is 11.8. The van der Waals surface area contributed by atoms with Crippen LogP contribution in [0.5, 0.6) is 11.5 Å². The first-order valence-corrected chi connectivity index (χ1v) is 7.43. The molecule has 0 atom stereocenters. The van der Waals surface area contributed by atoms with Gasteiger partial charge in [-0.3, -0.25) is 0 Å². The summed E-state index contributed by atoms with van der Waals surface area (Å²) in [5.41, 5.74) is 0. The van der Waals surface area contributed by atoms with Gasteiger partial charge in [0.25, 0.3) is 0 Å². The molecule has 100 valence electrons. The Bertz CT molecular complexity index is 699. The molecule has 2 rings (SSSR count). The van der Waals surface area contributed by atoms with Crippen LogP contribution in [0.1, 0.15) is 0 Å². The third kappa shape index (κ3) is 3.39. The Morgan fingerprint density at radius 3 is 2.21 bits per heavy atom. The van der Waals surface area contributed by atoms with Gasteiger partial charge in [-0.2, -0.15) is 0 Å². The van der Waals surface area contributed by atoms with Crippen LogP contribution in [0.25, 0.3) is 0 Å². The minimum absolute atomic E-state index is 0.0111. The highest BCUT2D eigenvalue weighted by Crippen LogP contribution is 2.34. The zero-order valence-corrected chi connectivity index (χ0v) is 11.8. The van der Waals surface area contributed by atoms with Gasteiger partial charge in [-0.25, -0.2) is 13.6 Å². The van der Waals surface area contributed by atoms with Crippen molar-refractivity contribution >= 4 is 33.2 Å². The zero-order chi connectivity index (χ0) is 14.0. The Hall–Kier alpha value is -1.27. The number of hydrogen-bond acceptors (Lipinski definition) is 3. The van der Waals surface area contributed by atoms with Gasteiger partial charge in [0.1, 0.15) is 16.5 Å². The van der Waals surface area contributed by atoms with E-state index < -0.39 is 10.0 Å². The number of sulfonamides is 1. The van der Waals surface area contributed by atoms with Gasteiger partial charge < -0.3 is 4.74 Å². The molecule has 2 aromatic carbocycles. The predicted octanol–water partition coefficient (Wildman–Crippen LogP) is 3.43. The molecule has 0 saturated heterocycles. The van der Waals surface area contributed by atoms with Crippen LogP contribution in [0, 0.1) is 0 Å². The van der Waals surface area contributed by atoms with Crippen LogP contribution in [-0.2, 0) is 10.0 Å². The smallest absolute Gasteiger partial charge is 0.238 e. The highest BCUT2D eigenvalue weighted by atomic mass is 35.5. The number of ether oxygens (including phenoxy) is 1. The molecule has 0 radical (unpaired) electrons. The van der Waals surface area contributed by atoms with Gasteiger partial charge in [-0.05, 0) is 36.4 Å². The van der Waals surface area contributed by atoms with Crippen LogP contribution in [0.2, 0.25) is 10.0 Å². The van der Waals surface area contributed by atoms with Gasteiger partial charge in [-0.1, -0.05) is 29.3 Å². The highest BCUT2D eigenvalue weighted by molar-refractivity contribution is 7.89. The lowest BCUT2D eigenvalue weighted by Gasteiger charge is -2.08. The molecule has 0 bridgehead atoms. The van der Waals surface area contributed by atoms with Crippen LogP contribution in [0.4, 0.5) is 0 Å². The first-order valence-electron chi connectivity index (χ1n) is 5.12. The van der Waals surface area contributed by atoms with Gasteiger partial charge >= 0.3 is 0 Å². The van der Waals surface area contributed by atoms with E-state index in [1.165, 1.54) is 24.3 Å². The minimum Gasteiger partial charge on any atom is -0.456 e. The topological polar surface area (TPSA) is 69.4 Å². The maximum Gasteiger partial charge on any atom is 0.238 e. The molecule has 2 N–H and O–H groups in total. The lowest BCUT2D eigenvalue weighted by molar-refractivity contribution is 0.482. The minimum atomic E-state index is -3.71. The molecule has 0 unspecified atom stereocenters. The fourth-order valence-electron chi connectivity index (χ4n) is 1.39. The molecule has 0 fully saturated rings. The fraction of sp³-hybridized carbons (Fsp3) is 0. The number of primary sulfonamides is 1. The number of hydrogen-bond donors (Lipinski definition) is 1. The Labute approximate surface area is 120 Å². The monoisotopic (exact) mass is 317 g/mol. The van der Waals surface area contributed by atoms with E-state index >= 15 is 0 Å². The molecular weight excluding hydrogens is 309 g/mol. The van der Waals surface area contributed by atoms with Gasteiger partial charge in [0.15, 0.2) is 0 Å². The van der Waals surface area contributed by atoms with Gasteiger partial charge in [-0.15, -0.1) is 0 Å². The molecule has 0 saturated carbocycles. The summed E-state index contributed by atoms with van der Waals surface area (Å²) in [6.07, 6.45) is 0. The van der Waals surface area contributed by atoms with Gasteiger partial charge in [0.05, 0.1) is 9.92 Å². The van der Waals surface area contributed by atoms with Gasteiger partial charge in [0.2, 0.25) is 10.0 Å². The second-order valence-electron chi connectivity index (χ2n) is 3.67. The summed E-state index contributed by atoms with van der Waals surface area (Å²) in [6.45, 7) is 0. The molecule has 7 heteroatoms. The third-order valence-corrected chi connectivity index (χ3v) is 4.03. The van der Waals surface area contributed by atoms with Crippen molar-refractivity contribution in [2.45, 2.75) is 4.90 Å². The molecule has 4 nitrogen and oxygen atoms in total. The molecule has 0 heterocycles. The maximum atomic E-state index is 11.1. The lowest BCUT2D eigenvalue weighted by atomic mass is 10.3. The molecule has 0 amide bonds. The van der Waals surface area contributed by atoms with E-state index in [9.17, 15) is 8.42 Å². The van der Waals surface area contributed by atoms with E-state index in [0.29, 0.717) is 21.5 Å². The molecule has 19 heavy (non-hydrogen) atoms. The van der Waals surface area contributed by atoms with Crippen molar-refractivity contribution in [1.29, 1.82) is 0 Å². The van der Waals surface area contributed by atoms with E-state index in [2.05, 4.69) is 0 Å². The summed E-state index contributed by atoms with van der Waals surface area (Å²) in [5.74, 6) is 0.814. The summed E-state index contributed by atoms with van der Waals surface area (Å²) < 4.78 is 27.7. The van der Waals surface area contributed by atoms with E-state index in [1.807, 2.05) is 0 Å². The van der Waals surface area contributed by atoms with E-state index in [1.54, 1.807) is 18.2 Å². The first-order chi connectivity index (χ1) is 8.88.